The first-order chi connectivity index (χ1) is 16.0. The number of aryl methyl sites for hydroxylation is 5. The minimum Gasteiger partial charge on any atom is -0.451 e. The second kappa shape index (κ2) is 10.5. The van der Waals surface area contributed by atoms with Crippen molar-refractivity contribution in [2.45, 2.75) is 34.6 Å². The molecule has 0 saturated heterocycles. The van der Waals surface area contributed by atoms with Crippen LogP contribution in [0.1, 0.15) is 38.6 Å². The molecule has 0 aliphatic carbocycles. The second-order valence-corrected chi connectivity index (χ2v) is 8.42. The fraction of sp³-hybridized carbons (Fsp3) is 0.292. The van der Waals surface area contributed by atoms with Gasteiger partial charge in [-0.15, -0.1) is 0 Å². The summed E-state index contributed by atoms with van der Waals surface area (Å²) in [6.07, 6.45) is 0. The van der Waals surface area contributed by atoms with Gasteiger partial charge in [-0.25, -0.2) is 14.5 Å². The van der Waals surface area contributed by atoms with Gasteiger partial charge in [0.2, 0.25) is 5.91 Å². The number of pyridine rings is 1. The SMILES string of the molecule is Cc1cc(C)c(NC(=O)CNC(=O)COC(=O)c2nc(-n3nc(C)cc3C)ccc2Cl)c(C)c1. The van der Waals surface area contributed by atoms with Crippen LogP contribution in [0.5, 0.6) is 0 Å². The number of benzene rings is 1. The third kappa shape index (κ3) is 5.99. The van der Waals surface area contributed by atoms with Crippen molar-refractivity contribution in [2.75, 3.05) is 18.5 Å². The maximum absolute atomic E-state index is 12.5. The van der Waals surface area contributed by atoms with Gasteiger partial charge >= 0.3 is 5.97 Å². The first-order valence-electron chi connectivity index (χ1n) is 10.6. The number of carbonyl (C=O) groups excluding carboxylic acids is 3. The summed E-state index contributed by atoms with van der Waals surface area (Å²) in [7, 11) is 0. The van der Waals surface area contributed by atoms with E-state index in [1.807, 2.05) is 52.8 Å². The lowest BCUT2D eigenvalue weighted by molar-refractivity contribution is -0.126. The third-order valence-corrected chi connectivity index (χ3v) is 5.28. The standard InChI is InChI=1S/C24H26ClN5O4/c1-13-8-14(2)22(15(3)9-13)28-20(31)11-26-21(32)12-34-24(33)23-18(25)6-7-19(27-23)30-17(5)10-16(4)29-30/h6-10H,11-12H2,1-5H3,(H,26,32)(H,28,31). The summed E-state index contributed by atoms with van der Waals surface area (Å²) in [4.78, 5) is 41.0. The van der Waals surface area contributed by atoms with Crippen molar-refractivity contribution >= 4 is 35.1 Å². The predicted molar refractivity (Wildman–Crippen MR) is 128 cm³/mol. The van der Waals surface area contributed by atoms with Crippen molar-refractivity contribution in [1.82, 2.24) is 20.1 Å². The normalized spacial score (nSPS) is 10.6. The minimum absolute atomic E-state index is 0.0823. The Balaban J connectivity index is 1.55. The van der Waals surface area contributed by atoms with E-state index >= 15 is 0 Å². The number of nitrogens with one attached hydrogen (secondary N) is 2. The zero-order valence-electron chi connectivity index (χ0n) is 19.7. The van der Waals surface area contributed by atoms with E-state index in [9.17, 15) is 14.4 Å². The first kappa shape index (κ1) is 24.9. The molecule has 10 heteroatoms. The van der Waals surface area contributed by atoms with Gasteiger partial charge in [0.25, 0.3) is 5.91 Å². The third-order valence-electron chi connectivity index (χ3n) is 4.97. The molecule has 0 aliphatic heterocycles. The molecule has 0 saturated carbocycles. The number of nitrogens with zero attached hydrogens (tertiary/aromatic N) is 3. The van der Waals surface area contributed by atoms with Crippen LogP contribution in [-0.2, 0) is 14.3 Å². The molecule has 0 spiro atoms. The van der Waals surface area contributed by atoms with E-state index in [-0.39, 0.29) is 17.3 Å². The predicted octanol–water partition coefficient (Wildman–Crippen LogP) is 3.37. The number of aromatic nitrogens is 3. The Labute approximate surface area is 202 Å². The Bertz CT molecular complexity index is 1250. The fourth-order valence-corrected chi connectivity index (χ4v) is 3.73. The van der Waals surface area contributed by atoms with Crippen LogP contribution in [0.2, 0.25) is 5.02 Å². The van der Waals surface area contributed by atoms with Gasteiger partial charge in [-0.05, 0) is 63.9 Å². The number of carbonyl (C=O) groups is 3. The van der Waals surface area contributed by atoms with Gasteiger partial charge in [0.1, 0.15) is 0 Å². The van der Waals surface area contributed by atoms with Crippen LogP contribution in [0.3, 0.4) is 0 Å². The van der Waals surface area contributed by atoms with Gasteiger partial charge in [-0.1, -0.05) is 29.3 Å². The molecule has 2 aromatic heterocycles. The van der Waals surface area contributed by atoms with E-state index in [0.29, 0.717) is 11.5 Å². The van der Waals surface area contributed by atoms with Crippen LogP contribution in [0.15, 0.2) is 30.3 Å². The molecule has 34 heavy (non-hydrogen) atoms. The molecule has 0 aliphatic rings. The van der Waals surface area contributed by atoms with Crippen molar-refractivity contribution in [2.24, 2.45) is 0 Å². The summed E-state index contributed by atoms with van der Waals surface area (Å²) in [6.45, 7) is 8.62. The molecule has 2 amide bonds. The van der Waals surface area contributed by atoms with Gasteiger partial charge in [0, 0.05) is 11.4 Å². The number of hydrogen-bond donors (Lipinski definition) is 2. The number of halogens is 1. The number of amides is 2. The summed E-state index contributed by atoms with van der Waals surface area (Å²) >= 11 is 6.11. The average Bonchev–Trinajstić information content (AvgIpc) is 3.11. The first-order valence-corrected chi connectivity index (χ1v) is 10.9. The van der Waals surface area contributed by atoms with Gasteiger partial charge < -0.3 is 15.4 Å². The average molecular weight is 484 g/mol. The summed E-state index contributed by atoms with van der Waals surface area (Å²) in [6, 6.07) is 8.93. The van der Waals surface area contributed by atoms with E-state index in [4.69, 9.17) is 16.3 Å². The lowest BCUT2D eigenvalue weighted by atomic mass is 10.1. The lowest BCUT2D eigenvalue weighted by Crippen LogP contribution is -2.35. The van der Waals surface area contributed by atoms with Crippen LogP contribution in [0.25, 0.3) is 5.82 Å². The monoisotopic (exact) mass is 483 g/mol. The molecule has 2 heterocycles. The Morgan fingerprint density at radius 3 is 2.29 bits per heavy atom. The maximum Gasteiger partial charge on any atom is 0.359 e. The van der Waals surface area contributed by atoms with Crippen molar-refractivity contribution in [3.8, 4) is 5.82 Å². The largest absolute Gasteiger partial charge is 0.451 e. The number of rotatable bonds is 7. The van der Waals surface area contributed by atoms with Crippen molar-refractivity contribution in [3.63, 3.8) is 0 Å². The van der Waals surface area contributed by atoms with Crippen molar-refractivity contribution in [1.29, 1.82) is 0 Å². The highest BCUT2D eigenvalue weighted by Crippen LogP contribution is 2.22. The Kier molecular flexibility index (Phi) is 7.68. The number of esters is 1. The second-order valence-electron chi connectivity index (χ2n) is 8.01. The van der Waals surface area contributed by atoms with E-state index in [1.165, 1.54) is 6.07 Å². The van der Waals surface area contributed by atoms with Crippen LogP contribution in [0.4, 0.5) is 5.69 Å². The molecule has 0 bridgehead atoms. The molecular formula is C24H26ClN5O4. The van der Waals surface area contributed by atoms with Crippen LogP contribution in [0, 0.1) is 34.6 Å². The van der Waals surface area contributed by atoms with Crippen molar-refractivity contribution < 1.29 is 19.1 Å². The van der Waals surface area contributed by atoms with Gasteiger partial charge in [0.05, 0.1) is 17.3 Å². The van der Waals surface area contributed by atoms with Gasteiger partial charge in [-0.3, -0.25) is 9.59 Å². The molecule has 3 rings (SSSR count). The summed E-state index contributed by atoms with van der Waals surface area (Å²) in [5.41, 5.74) is 5.16. The van der Waals surface area contributed by atoms with E-state index in [2.05, 4.69) is 20.7 Å². The Morgan fingerprint density at radius 1 is 1.00 bits per heavy atom. The van der Waals surface area contributed by atoms with Gasteiger partial charge in [-0.2, -0.15) is 5.10 Å². The quantitative estimate of drug-likeness (QED) is 0.498. The lowest BCUT2D eigenvalue weighted by Gasteiger charge is -2.13. The fourth-order valence-electron chi connectivity index (χ4n) is 3.54. The molecule has 3 aromatic rings. The summed E-state index contributed by atoms with van der Waals surface area (Å²) < 4.78 is 6.61. The Hall–Kier alpha value is -3.72. The molecule has 178 valence electrons. The molecule has 0 unspecified atom stereocenters. The van der Waals surface area contributed by atoms with E-state index < -0.39 is 24.4 Å². The highest BCUT2D eigenvalue weighted by atomic mass is 35.5. The topological polar surface area (TPSA) is 115 Å². The number of anilines is 1. The van der Waals surface area contributed by atoms with E-state index in [0.717, 1.165) is 28.1 Å². The highest BCUT2D eigenvalue weighted by molar-refractivity contribution is 6.33. The Morgan fingerprint density at radius 2 is 1.68 bits per heavy atom. The molecule has 1 aromatic carbocycles. The zero-order valence-corrected chi connectivity index (χ0v) is 20.4. The molecule has 0 atom stereocenters. The van der Waals surface area contributed by atoms with Crippen LogP contribution in [-0.4, -0.2) is 45.7 Å². The number of hydrogen-bond acceptors (Lipinski definition) is 6. The zero-order chi connectivity index (χ0) is 25.0. The number of ether oxygens (including phenoxy) is 1. The highest BCUT2D eigenvalue weighted by Gasteiger charge is 2.18. The molecule has 0 radical (unpaired) electrons. The van der Waals surface area contributed by atoms with Crippen LogP contribution < -0.4 is 10.6 Å². The molecular weight excluding hydrogens is 458 g/mol. The summed E-state index contributed by atoms with van der Waals surface area (Å²) in [5, 5.41) is 9.63. The smallest absolute Gasteiger partial charge is 0.359 e. The molecule has 9 nitrogen and oxygen atoms in total. The van der Waals surface area contributed by atoms with Crippen molar-refractivity contribution in [3.05, 3.63) is 69.1 Å². The van der Waals surface area contributed by atoms with Crippen LogP contribution >= 0.6 is 11.6 Å². The van der Waals surface area contributed by atoms with Gasteiger partial charge in [0.15, 0.2) is 18.1 Å². The van der Waals surface area contributed by atoms with E-state index in [1.54, 1.807) is 10.7 Å². The molecule has 0 fully saturated rings. The molecule has 2 N–H and O–H groups in total. The summed E-state index contributed by atoms with van der Waals surface area (Å²) in [5.74, 6) is -1.49. The maximum atomic E-state index is 12.5. The minimum atomic E-state index is -0.862.